The third-order valence-corrected chi connectivity index (χ3v) is 3.57. The lowest BCUT2D eigenvalue weighted by Gasteiger charge is -2.06. The molecule has 0 amide bonds. The Kier molecular flexibility index (Phi) is 2.79. The fourth-order valence-electron chi connectivity index (χ4n) is 1.81. The first kappa shape index (κ1) is 11.9. The van der Waals surface area contributed by atoms with Gasteiger partial charge in [-0.15, -0.1) is 11.3 Å². The Morgan fingerprint density at radius 1 is 1.26 bits per heavy atom. The Hall–Kier alpha value is -2.21. The molecule has 0 fully saturated rings. The fourth-order valence-corrected chi connectivity index (χ4v) is 2.58. The molecule has 0 aliphatic heterocycles. The predicted octanol–water partition coefficient (Wildman–Crippen LogP) is 3.09. The number of hydrogen-bond acceptors (Lipinski definition) is 5. The number of ether oxygens (including phenoxy) is 1. The van der Waals surface area contributed by atoms with Gasteiger partial charge >= 0.3 is 0 Å². The number of thiophene rings is 1. The van der Waals surface area contributed by atoms with E-state index in [2.05, 4.69) is 9.97 Å². The topological polar surface area (TPSA) is 61.0 Å². The Morgan fingerprint density at radius 3 is 2.89 bits per heavy atom. The highest BCUT2D eigenvalue weighted by molar-refractivity contribution is 7.16. The number of methoxy groups -OCH3 is 1. The maximum Gasteiger partial charge on any atom is 0.165 e. The van der Waals surface area contributed by atoms with Crippen molar-refractivity contribution < 1.29 is 9.13 Å². The standard InChI is InChI=1S/C13H10FN3OS/c1-18-10-6-7(2-3-9(10)14)12-16-11(15)8-4-5-19-13(8)17-12/h2-6H,1H3,(H2,15,16,17). The minimum Gasteiger partial charge on any atom is -0.494 e. The fraction of sp³-hybridized carbons (Fsp3) is 0.0769. The molecule has 4 nitrogen and oxygen atoms in total. The minimum absolute atomic E-state index is 0.158. The van der Waals surface area contributed by atoms with Crippen LogP contribution in [0, 0.1) is 5.82 Å². The van der Waals surface area contributed by atoms with Crippen LogP contribution in [0.15, 0.2) is 29.6 Å². The normalized spacial score (nSPS) is 10.8. The van der Waals surface area contributed by atoms with Crippen LogP contribution in [-0.4, -0.2) is 17.1 Å². The van der Waals surface area contributed by atoms with Crippen molar-refractivity contribution in [1.29, 1.82) is 0 Å². The molecule has 6 heteroatoms. The maximum absolute atomic E-state index is 13.4. The van der Waals surface area contributed by atoms with Crippen LogP contribution in [0.5, 0.6) is 5.75 Å². The van der Waals surface area contributed by atoms with Gasteiger partial charge in [-0.25, -0.2) is 14.4 Å². The maximum atomic E-state index is 13.4. The van der Waals surface area contributed by atoms with Crippen LogP contribution in [0.1, 0.15) is 0 Å². The van der Waals surface area contributed by atoms with Crippen molar-refractivity contribution in [3.05, 3.63) is 35.5 Å². The molecule has 1 aromatic carbocycles. The van der Waals surface area contributed by atoms with Crippen LogP contribution in [-0.2, 0) is 0 Å². The van der Waals surface area contributed by atoms with Crippen molar-refractivity contribution in [2.45, 2.75) is 0 Å². The van der Waals surface area contributed by atoms with Crippen LogP contribution >= 0.6 is 11.3 Å². The smallest absolute Gasteiger partial charge is 0.165 e. The zero-order valence-electron chi connectivity index (χ0n) is 10.1. The van der Waals surface area contributed by atoms with E-state index >= 15 is 0 Å². The second kappa shape index (κ2) is 4.47. The molecule has 0 aliphatic carbocycles. The van der Waals surface area contributed by atoms with E-state index < -0.39 is 5.82 Å². The van der Waals surface area contributed by atoms with E-state index in [1.807, 2.05) is 11.4 Å². The van der Waals surface area contributed by atoms with Gasteiger partial charge in [-0.1, -0.05) is 0 Å². The Balaban J connectivity index is 2.18. The Labute approximate surface area is 112 Å². The molecule has 0 unspecified atom stereocenters. The molecule has 19 heavy (non-hydrogen) atoms. The molecule has 0 radical (unpaired) electrons. The average molecular weight is 275 g/mol. The molecule has 3 rings (SSSR count). The van der Waals surface area contributed by atoms with Gasteiger partial charge in [0.1, 0.15) is 10.6 Å². The summed E-state index contributed by atoms with van der Waals surface area (Å²) in [6.45, 7) is 0. The van der Waals surface area contributed by atoms with Crippen molar-refractivity contribution in [3.63, 3.8) is 0 Å². The summed E-state index contributed by atoms with van der Waals surface area (Å²) in [5, 5.41) is 2.74. The quantitative estimate of drug-likeness (QED) is 0.780. The highest BCUT2D eigenvalue weighted by atomic mass is 32.1. The molecule has 2 N–H and O–H groups in total. The van der Waals surface area contributed by atoms with Gasteiger partial charge in [-0.3, -0.25) is 0 Å². The van der Waals surface area contributed by atoms with Gasteiger partial charge in [-0.05, 0) is 29.6 Å². The molecule has 3 aromatic rings. The lowest BCUT2D eigenvalue weighted by atomic mass is 10.2. The van der Waals surface area contributed by atoms with Crippen molar-refractivity contribution in [3.8, 4) is 17.1 Å². The van der Waals surface area contributed by atoms with E-state index in [0.717, 1.165) is 10.2 Å². The number of nitrogens with two attached hydrogens (primary N) is 1. The zero-order chi connectivity index (χ0) is 13.4. The van der Waals surface area contributed by atoms with Gasteiger partial charge in [0.25, 0.3) is 0 Å². The van der Waals surface area contributed by atoms with E-state index in [4.69, 9.17) is 10.5 Å². The van der Waals surface area contributed by atoms with Gasteiger partial charge in [0.2, 0.25) is 0 Å². The van der Waals surface area contributed by atoms with Crippen LogP contribution in [0.4, 0.5) is 10.2 Å². The van der Waals surface area contributed by atoms with Crippen molar-refractivity contribution in [2.24, 2.45) is 0 Å². The third-order valence-electron chi connectivity index (χ3n) is 2.76. The summed E-state index contributed by atoms with van der Waals surface area (Å²) in [4.78, 5) is 9.48. The van der Waals surface area contributed by atoms with Crippen molar-refractivity contribution in [1.82, 2.24) is 9.97 Å². The number of anilines is 1. The summed E-state index contributed by atoms with van der Waals surface area (Å²) < 4.78 is 18.3. The lowest BCUT2D eigenvalue weighted by molar-refractivity contribution is 0.387. The van der Waals surface area contributed by atoms with E-state index in [-0.39, 0.29) is 5.75 Å². The highest BCUT2D eigenvalue weighted by Gasteiger charge is 2.11. The molecule has 0 saturated carbocycles. The van der Waals surface area contributed by atoms with Gasteiger partial charge in [0.15, 0.2) is 17.4 Å². The van der Waals surface area contributed by atoms with Gasteiger partial charge in [0.05, 0.1) is 12.5 Å². The summed E-state index contributed by atoms with van der Waals surface area (Å²) in [6.07, 6.45) is 0. The van der Waals surface area contributed by atoms with Gasteiger partial charge < -0.3 is 10.5 Å². The number of rotatable bonds is 2. The first-order valence-corrected chi connectivity index (χ1v) is 6.41. The lowest BCUT2D eigenvalue weighted by Crippen LogP contribution is -1.97. The van der Waals surface area contributed by atoms with Crippen LogP contribution < -0.4 is 10.5 Å². The summed E-state index contributed by atoms with van der Waals surface area (Å²) in [6, 6.07) is 6.37. The molecule has 2 heterocycles. The first-order valence-electron chi connectivity index (χ1n) is 5.53. The second-order valence-corrected chi connectivity index (χ2v) is 4.82. The van der Waals surface area contributed by atoms with E-state index in [0.29, 0.717) is 17.2 Å². The molecule has 0 spiro atoms. The first-order chi connectivity index (χ1) is 9.19. The van der Waals surface area contributed by atoms with E-state index in [9.17, 15) is 4.39 Å². The second-order valence-electron chi connectivity index (χ2n) is 3.92. The SMILES string of the molecule is COc1cc(-c2nc(N)c3ccsc3n2)ccc1F. The Bertz CT molecular complexity index is 757. The largest absolute Gasteiger partial charge is 0.494 e. The summed E-state index contributed by atoms with van der Waals surface area (Å²) >= 11 is 1.49. The number of nitrogens with zero attached hydrogens (tertiary/aromatic N) is 2. The van der Waals surface area contributed by atoms with Crippen molar-refractivity contribution >= 4 is 27.4 Å². The van der Waals surface area contributed by atoms with Crippen LogP contribution in [0.2, 0.25) is 0 Å². The molecule has 0 aliphatic rings. The number of hydrogen-bond donors (Lipinski definition) is 1. The molecule has 96 valence electrons. The number of nitrogen functional groups attached to an aromatic ring is 1. The number of halogens is 1. The number of benzene rings is 1. The molecule has 0 bridgehead atoms. The number of aromatic nitrogens is 2. The van der Waals surface area contributed by atoms with Crippen LogP contribution in [0.25, 0.3) is 21.6 Å². The average Bonchev–Trinajstić information content (AvgIpc) is 2.88. The van der Waals surface area contributed by atoms with E-state index in [1.54, 1.807) is 12.1 Å². The molecule has 0 atom stereocenters. The third kappa shape index (κ3) is 2.00. The summed E-state index contributed by atoms with van der Waals surface area (Å²) in [5.74, 6) is 0.623. The molecular weight excluding hydrogens is 265 g/mol. The van der Waals surface area contributed by atoms with Crippen molar-refractivity contribution in [2.75, 3.05) is 12.8 Å². The molecular formula is C13H10FN3OS. The molecule has 2 aromatic heterocycles. The highest BCUT2D eigenvalue weighted by Crippen LogP contribution is 2.29. The van der Waals surface area contributed by atoms with E-state index in [1.165, 1.54) is 24.5 Å². The Morgan fingerprint density at radius 2 is 2.11 bits per heavy atom. The molecule has 0 saturated heterocycles. The number of fused-ring (bicyclic) bond motifs is 1. The predicted molar refractivity (Wildman–Crippen MR) is 73.8 cm³/mol. The van der Waals surface area contributed by atoms with Gasteiger partial charge in [-0.2, -0.15) is 0 Å². The van der Waals surface area contributed by atoms with Gasteiger partial charge in [0, 0.05) is 5.56 Å². The monoisotopic (exact) mass is 275 g/mol. The summed E-state index contributed by atoms with van der Waals surface area (Å²) in [7, 11) is 1.42. The minimum atomic E-state index is -0.420. The van der Waals surface area contributed by atoms with Crippen LogP contribution in [0.3, 0.4) is 0 Å². The zero-order valence-corrected chi connectivity index (χ0v) is 10.9. The summed E-state index contributed by atoms with van der Waals surface area (Å²) in [5.41, 5.74) is 6.56.